The summed E-state index contributed by atoms with van der Waals surface area (Å²) in [6, 6.07) is 2.01. The molecule has 112 valence electrons. The van der Waals surface area contributed by atoms with Crippen LogP contribution in [0.5, 0.6) is 0 Å². The standard InChI is InChI=1S/C13H16N4O3S/c1-8(2)17-13-9(4-15-17)3-10(5-14-13)16-11(18)6-21-7-12(19)20/h3-5,8H,6-7H2,1-2H3,(H,16,18)(H,19,20). The molecule has 0 atom stereocenters. The first-order chi connectivity index (χ1) is 9.97. The third kappa shape index (κ3) is 3.94. The van der Waals surface area contributed by atoms with Gasteiger partial charge in [-0.05, 0) is 19.9 Å². The number of thioether (sulfide) groups is 1. The van der Waals surface area contributed by atoms with E-state index in [1.54, 1.807) is 18.5 Å². The molecule has 0 saturated heterocycles. The van der Waals surface area contributed by atoms with Crippen molar-refractivity contribution in [3.05, 3.63) is 18.5 Å². The number of nitrogens with one attached hydrogen (secondary N) is 1. The molecule has 0 aliphatic heterocycles. The summed E-state index contributed by atoms with van der Waals surface area (Å²) >= 11 is 1.05. The zero-order valence-electron chi connectivity index (χ0n) is 11.7. The summed E-state index contributed by atoms with van der Waals surface area (Å²) < 4.78 is 1.81. The Morgan fingerprint density at radius 3 is 2.81 bits per heavy atom. The minimum Gasteiger partial charge on any atom is -0.481 e. The van der Waals surface area contributed by atoms with Crippen LogP contribution in [-0.2, 0) is 9.59 Å². The smallest absolute Gasteiger partial charge is 0.313 e. The monoisotopic (exact) mass is 308 g/mol. The summed E-state index contributed by atoms with van der Waals surface area (Å²) in [5.41, 5.74) is 1.34. The number of carbonyl (C=O) groups excluding carboxylic acids is 1. The normalized spacial score (nSPS) is 11.0. The van der Waals surface area contributed by atoms with Crippen LogP contribution in [0.4, 0.5) is 5.69 Å². The third-order valence-corrected chi connectivity index (χ3v) is 3.58. The van der Waals surface area contributed by atoms with Crippen LogP contribution >= 0.6 is 11.8 Å². The fourth-order valence-corrected chi connectivity index (χ4v) is 2.35. The molecule has 0 aliphatic carbocycles. The van der Waals surface area contributed by atoms with E-state index in [2.05, 4.69) is 15.4 Å². The summed E-state index contributed by atoms with van der Waals surface area (Å²) in [7, 11) is 0. The average Bonchev–Trinajstić information content (AvgIpc) is 2.81. The molecule has 0 aromatic carbocycles. The van der Waals surface area contributed by atoms with Gasteiger partial charge in [0.1, 0.15) is 0 Å². The van der Waals surface area contributed by atoms with Gasteiger partial charge in [-0.15, -0.1) is 11.8 Å². The summed E-state index contributed by atoms with van der Waals surface area (Å²) in [5.74, 6) is -1.18. The van der Waals surface area contributed by atoms with Crippen molar-refractivity contribution in [3.63, 3.8) is 0 Å². The van der Waals surface area contributed by atoms with Crippen LogP contribution in [0.15, 0.2) is 18.5 Å². The van der Waals surface area contributed by atoms with Gasteiger partial charge in [-0.3, -0.25) is 9.59 Å². The Bertz CT molecular complexity index is 668. The van der Waals surface area contributed by atoms with Gasteiger partial charge in [0.15, 0.2) is 5.65 Å². The molecule has 0 bridgehead atoms. The number of aromatic nitrogens is 3. The maximum absolute atomic E-state index is 11.7. The minimum atomic E-state index is -0.933. The predicted molar refractivity (Wildman–Crippen MR) is 81.5 cm³/mol. The third-order valence-electron chi connectivity index (χ3n) is 2.66. The van der Waals surface area contributed by atoms with Crippen LogP contribution in [0.2, 0.25) is 0 Å². The Morgan fingerprint density at radius 1 is 1.38 bits per heavy atom. The van der Waals surface area contributed by atoms with Crippen molar-refractivity contribution in [3.8, 4) is 0 Å². The summed E-state index contributed by atoms with van der Waals surface area (Å²) in [5, 5.41) is 16.3. The lowest BCUT2D eigenvalue weighted by molar-refractivity contribution is -0.133. The second-order valence-electron chi connectivity index (χ2n) is 4.75. The highest BCUT2D eigenvalue weighted by Gasteiger charge is 2.09. The predicted octanol–water partition coefficient (Wildman–Crippen LogP) is 1.77. The van der Waals surface area contributed by atoms with E-state index >= 15 is 0 Å². The summed E-state index contributed by atoms with van der Waals surface area (Å²) in [4.78, 5) is 26.3. The Morgan fingerprint density at radius 2 is 2.14 bits per heavy atom. The molecular weight excluding hydrogens is 292 g/mol. The molecule has 0 spiro atoms. The van der Waals surface area contributed by atoms with Gasteiger partial charge in [-0.25, -0.2) is 9.67 Å². The minimum absolute atomic E-state index is 0.0914. The molecule has 0 radical (unpaired) electrons. The number of carboxylic acid groups (broad SMARTS) is 1. The Kier molecular flexibility index (Phi) is 4.79. The van der Waals surface area contributed by atoms with Gasteiger partial charge >= 0.3 is 5.97 Å². The van der Waals surface area contributed by atoms with Crippen molar-refractivity contribution in [2.24, 2.45) is 0 Å². The van der Waals surface area contributed by atoms with Crippen molar-refractivity contribution >= 4 is 40.4 Å². The van der Waals surface area contributed by atoms with E-state index in [1.807, 2.05) is 18.5 Å². The van der Waals surface area contributed by atoms with Gasteiger partial charge in [0.05, 0.1) is 29.6 Å². The molecule has 2 heterocycles. The van der Waals surface area contributed by atoms with Crippen molar-refractivity contribution in [2.75, 3.05) is 16.8 Å². The SMILES string of the molecule is CC(C)n1ncc2cc(NC(=O)CSCC(=O)O)cnc21. The zero-order chi connectivity index (χ0) is 15.4. The number of carboxylic acids is 1. The average molecular weight is 308 g/mol. The molecular formula is C13H16N4O3S. The van der Waals surface area contributed by atoms with E-state index in [0.717, 1.165) is 22.8 Å². The van der Waals surface area contributed by atoms with Crippen LogP contribution in [-0.4, -0.2) is 43.3 Å². The first kappa shape index (κ1) is 15.3. The molecule has 0 aliphatic rings. The van der Waals surface area contributed by atoms with Gasteiger partial charge in [0.25, 0.3) is 0 Å². The molecule has 2 aromatic heterocycles. The van der Waals surface area contributed by atoms with E-state index < -0.39 is 5.97 Å². The lowest BCUT2D eigenvalue weighted by Crippen LogP contribution is -2.15. The number of anilines is 1. The maximum Gasteiger partial charge on any atom is 0.313 e. The molecule has 7 nitrogen and oxygen atoms in total. The van der Waals surface area contributed by atoms with E-state index in [4.69, 9.17) is 5.11 Å². The van der Waals surface area contributed by atoms with Crippen LogP contribution in [0.3, 0.4) is 0 Å². The molecule has 21 heavy (non-hydrogen) atoms. The fraction of sp³-hybridized carbons (Fsp3) is 0.385. The first-order valence-corrected chi connectivity index (χ1v) is 7.55. The van der Waals surface area contributed by atoms with Crippen LogP contribution in [0, 0.1) is 0 Å². The molecule has 2 aromatic rings. The number of fused-ring (bicyclic) bond motifs is 1. The number of amides is 1. The van der Waals surface area contributed by atoms with Crippen LogP contribution in [0.1, 0.15) is 19.9 Å². The van der Waals surface area contributed by atoms with E-state index in [0.29, 0.717) is 5.69 Å². The number of carbonyl (C=O) groups is 2. The molecule has 0 fully saturated rings. The summed E-state index contributed by atoms with van der Waals surface area (Å²) in [6.45, 7) is 4.03. The van der Waals surface area contributed by atoms with E-state index in [9.17, 15) is 9.59 Å². The van der Waals surface area contributed by atoms with Crippen LogP contribution < -0.4 is 5.32 Å². The molecule has 1 amide bonds. The molecule has 2 N–H and O–H groups in total. The van der Waals surface area contributed by atoms with Gasteiger partial charge in [-0.1, -0.05) is 0 Å². The summed E-state index contributed by atoms with van der Waals surface area (Å²) in [6.07, 6.45) is 3.28. The second-order valence-corrected chi connectivity index (χ2v) is 5.74. The molecule has 8 heteroatoms. The number of hydrogen-bond donors (Lipinski definition) is 2. The number of pyridine rings is 1. The van der Waals surface area contributed by atoms with Gasteiger partial charge in [0.2, 0.25) is 5.91 Å². The fourth-order valence-electron chi connectivity index (χ4n) is 1.81. The lowest BCUT2D eigenvalue weighted by atomic mass is 10.3. The maximum atomic E-state index is 11.7. The number of nitrogens with zero attached hydrogens (tertiary/aromatic N) is 3. The largest absolute Gasteiger partial charge is 0.481 e. The topological polar surface area (TPSA) is 97.1 Å². The second kappa shape index (κ2) is 6.57. The number of rotatable bonds is 6. The number of aliphatic carboxylic acids is 1. The Balaban J connectivity index is 2.03. The van der Waals surface area contributed by atoms with Crippen molar-refractivity contribution in [2.45, 2.75) is 19.9 Å². The van der Waals surface area contributed by atoms with Gasteiger partial charge in [-0.2, -0.15) is 5.10 Å². The van der Waals surface area contributed by atoms with Gasteiger partial charge < -0.3 is 10.4 Å². The first-order valence-electron chi connectivity index (χ1n) is 6.40. The highest BCUT2D eigenvalue weighted by Crippen LogP contribution is 2.19. The highest BCUT2D eigenvalue weighted by molar-refractivity contribution is 8.00. The Labute approximate surface area is 125 Å². The molecule has 0 unspecified atom stereocenters. The van der Waals surface area contributed by atoms with E-state index in [-0.39, 0.29) is 23.5 Å². The Hall–Kier alpha value is -2.09. The zero-order valence-corrected chi connectivity index (χ0v) is 12.6. The molecule has 2 rings (SSSR count). The molecule has 0 saturated carbocycles. The van der Waals surface area contributed by atoms with E-state index in [1.165, 1.54) is 0 Å². The quantitative estimate of drug-likeness (QED) is 0.844. The van der Waals surface area contributed by atoms with Crippen LogP contribution in [0.25, 0.3) is 11.0 Å². The van der Waals surface area contributed by atoms with Crippen molar-refractivity contribution < 1.29 is 14.7 Å². The van der Waals surface area contributed by atoms with Crippen molar-refractivity contribution in [1.82, 2.24) is 14.8 Å². The highest BCUT2D eigenvalue weighted by atomic mass is 32.2. The van der Waals surface area contributed by atoms with Gasteiger partial charge in [0, 0.05) is 11.4 Å². The number of hydrogen-bond acceptors (Lipinski definition) is 5. The lowest BCUT2D eigenvalue weighted by Gasteiger charge is -2.07. The van der Waals surface area contributed by atoms with Crippen molar-refractivity contribution in [1.29, 1.82) is 0 Å².